The predicted octanol–water partition coefficient (Wildman–Crippen LogP) is 3.29. The van der Waals surface area contributed by atoms with Crippen LogP contribution in [0.3, 0.4) is 0 Å². The average molecular weight is 320 g/mol. The highest BCUT2D eigenvalue weighted by atomic mass is 19.1. The number of benzene rings is 1. The lowest BCUT2D eigenvalue weighted by molar-refractivity contribution is 0.0442. The Bertz CT molecular complexity index is 500. The first-order chi connectivity index (χ1) is 11.2. The zero-order valence-corrected chi connectivity index (χ0v) is 14.3. The van der Waals surface area contributed by atoms with Gasteiger partial charge >= 0.3 is 0 Å². The average Bonchev–Trinajstić information content (AvgIpc) is 2.93. The molecule has 2 aliphatic heterocycles. The molecule has 0 radical (unpaired) electrons. The van der Waals surface area contributed by atoms with E-state index in [-0.39, 0.29) is 5.82 Å². The Morgan fingerprint density at radius 2 is 2.00 bits per heavy atom. The van der Waals surface area contributed by atoms with Crippen LogP contribution in [0.2, 0.25) is 0 Å². The van der Waals surface area contributed by atoms with Crippen LogP contribution in [0.5, 0.6) is 0 Å². The molecule has 1 aromatic rings. The van der Waals surface area contributed by atoms with E-state index in [9.17, 15) is 4.39 Å². The van der Waals surface area contributed by atoms with Gasteiger partial charge in [-0.2, -0.15) is 0 Å². The molecule has 0 amide bonds. The van der Waals surface area contributed by atoms with Crippen LogP contribution >= 0.6 is 0 Å². The molecule has 3 rings (SSSR count). The third-order valence-electron chi connectivity index (χ3n) is 5.60. The molecule has 0 aliphatic carbocycles. The lowest BCUT2D eigenvalue weighted by atomic mass is 9.84. The Labute approximate surface area is 139 Å². The van der Waals surface area contributed by atoms with Crippen molar-refractivity contribution in [2.75, 3.05) is 39.9 Å². The zero-order chi connectivity index (χ0) is 16.1. The van der Waals surface area contributed by atoms with Gasteiger partial charge in [0.1, 0.15) is 5.82 Å². The van der Waals surface area contributed by atoms with Crippen LogP contribution in [0.25, 0.3) is 0 Å². The van der Waals surface area contributed by atoms with Crippen molar-refractivity contribution in [1.82, 2.24) is 9.80 Å². The summed E-state index contributed by atoms with van der Waals surface area (Å²) in [6.45, 7) is 6.38. The van der Waals surface area contributed by atoms with Gasteiger partial charge in [0.05, 0.1) is 0 Å². The summed E-state index contributed by atoms with van der Waals surface area (Å²) >= 11 is 0. The summed E-state index contributed by atoms with van der Waals surface area (Å²) in [6.07, 6.45) is 6.29. The Hall–Kier alpha value is -0.970. The van der Waals surface area contributed by atoms with Crippen LogP contribution in [0.4, 0.5) is 4.39 Å². The first-order valence-corrected chi connectivity index (χ1v) is 8.93. The van der Waals surface area contributed by atoms with Gasteiger partial charge in [-0.3, -0.25) is 9.80 Å². The maximum atomic E-state index is 13.3. The topological polar surface area (TPSA) is 15.7 Å². The van der Waals surface area contributed by atoms with Gasteiger partial charge in [0.15, 0.2) is 0 Å². The van der Waals surface area contributed by atoms with Gasteiger partial charge in [0, 0.05) is 45.4 Å². The summed E-state index contributed by atoms with van der Waals surface area (Å²) < 4.78 is 18.5. The van der Waals surface area contributed by atoms with Crippen molar-refractivity contribution in [2.24, 2.45) is 0 Å². The molecule has 128 valence electrons. The van der Waals surface area contributed by atoms with E-state index in [1.807, 2.05) is 12.1 Å². The van der Waals surface area contributed by atoms with Crippen LogP contribution in [0, 0.1) is 5.82 Å². The lowest BCUT2D eigenvalue weighted by Crippen LogP contribution is -2.52. The second-order valence-corrected chi connectivity index (χ2v) is 7.07. The highest BCUT2D eigenvalue weighted by Gasteiger charge is 2.42. The second-order valence-electron chi connectivity index (χ2n) is 7.07. The molecule has 4 heteroatoms. The maximum Gasteiger partial charge on any atom is 0.123 e. The summed E-state index contributed by atoms with van der Waals surface area (Å²) in [6, 6.07) is 7.02. The first-order valence-electron chi connectivity index (χ1n) is 8.93. The fraction of sp³-hybridized carbons (Fsp3) is 0.684. The van der Waals surface area contributed by atoms with Gasteiger partial charge in [-0.1, -0.05) is 12.1 Å². The molecule has 2 aliphatic rings. The van der Waals surface area contributed by atoms with E-state index in [1.54, 1.807) is 13.2 Å². The van der Waals surface area contributed by atoms with Crippen molar-refractivity contribution < 1.29 is 9.13 Å². The fourth-order valence-electron chi connectivity index (χ4n) is 4.33. The highest BCUT2D eigenvalue weighted by molar-refractivity contribution is 5.16. The summed E-state index contributed by atoms with van der Waals surface area (Å²) in [7, 11) is 1.78. The van der Waals surface area contributed by atoms with Gasteiger partial charge in [-0.25, -0.2) is 4.39 Å². The quantitative estimate of drug-likeness (QED) is 0.748. The van der Waals surface area contributed by atoms with Gasteiger partial charge in [-0.05, 0) is 56.3 Å². The predicted molar refractivity (Wildman–Crippen MR) is 90.9 cm³/mol. The third-order valence-corrected chi connectivity index (χ3v) is 5.60. The van der Waals surface area contributed by atoms with Gasteiger partial charge in [0.25, 0.3) is 0 Å². The number of nitrogens with zero attached hydrogens (tertiary/aromatic N) is 2. The number of halogens is 1. The van der Waals surface area contributed by atoms with Gasteiger partial charge < -0.3 is 4.74 Å². The Balaban J connectivity index is 1.52. The molecule has 2 fully saturated rings. The molecule has 0 bridgehead atoms. The van der Waals surface area contributed by atoms with E-state index in [0.29, 0.717) is 5.54 Å². The second kappa shape index (κ2) is 7.73. The molecule has 2 heterocycles. The minimum Gasteiger partial charge on any atom is -0.385 e. The number of methoxy groups -OCH3 is 1. The lowest BCUT2D eigenvalue weighted by Gasteiger charge is -2.45. The van der Waals surface area contributed by atoms with Crippen LogP contribution < -0.4 is 0 Å². The number of likely N-dealkylation sites (tertiary alicyclic amines) is 2. The molecule has 0 atom stereocenters. The summed E-state index contributed by atoms with van der Waals surface area (Å²) in [5.41, 5.74) is 1.51. The third kappa shape index (κ3) is 4.11. The molecule has 2 saturated heterocycles. The maximum absolute atomic E-state index is 13.3. The van der Waals surface area contributed by atoms with E-state index in [2.05, 4.69) is 9.80 Å². The number of rotatable bonds is 6. The molecule has 1 spiro atoms. The standard InChI is InChI=1S/C19H29FN2O/c1-23-14-4-11-22-10-3-7-19(22)8-12-21(13-9-19)16-17-5-2-6-18(20)15-17/h2,5-6,15H,3-4,7-14,16H2,1H3. The molecule has 0 aromatic heterocycles. The molecule has 3 nitrogen and oxygen atoms in total. The molecular formula is C19H29FN2O. The monoisotopic (exact) mass is 320 g/mol. The van der Waals surface area contributed by atoms with Crippen molar-refractivity contribution in [1.29, 1.82) is 0 Å². The number of hydrogen-bond acceptors (Lipinski definition) is 3. The SMILES string of the molecule is COCCCN1CCCC12CCN(Cc1cccc(F)c1)CC2. The van der Waals surface area contributed by atoms with Crippen molar-refractivity contribution >= 4 is 0 Å². The van der Waals surface area contributed by atoms with Gasteiger partial charge in [0.2, 0.25) is 0 Å². The Morgan fingerprint density at radius 3 is 2.74 bits per heavy atom. The molecule has 0 unspecified atom stereocenters. The fourth-order valence-corrected chi connectivity index (χ4v) is 4.33. The molecule has 1 aromatic carbocycles. The van der Waals surface area contributed by atoms with E-state index < -0.39 is 0 Å². The van der Waals surface area contributed by atoms with Crippen LogP contribution in [0.15, 0.2) is 24.3 Å². The van der Waals surface area contributed by atoms with Crippen molar-refractivity contribution in [3.8, 4) is 0 Å². The molecular weight excluding hydrogens is 291 g/mol. The molecule has 0 N–H and O–H groups in total. The number of piperidine rings is 1. The summed E-state index contributed by atoms with van der Waals surface area (Å²) in [5.74, 6) is -0.129. The number of hydrogen-bond donors (Lipinski definition) is 0. The van der Waals surface area contributed by atoms with Crippen molar-refractivity contribution in [3.05, 3.63) is 35.6 Å². The van der Waals surface area contributed by atoms with Crippen LogP contribution in [-0.2, 0) is 11.3 Å². The van der Waals surface area contributed by atoms with Crippen LogP contribution in [0.1, 0.15) is 37.7 Å². The minimum atomic E-state index is -0.129. The number of ether oxygens (including phenoxy) is 1. The van der Waals surface area contributed by atoms with Crippen molar-refractivity contribution in [3.63, 3.8) is 0 Å². The molecule has 23 heavy (non-hydrogen) atoms. The van der Waals surface area contributed by atoms with E-state index in [0.717, 1.165) is 44.8 Å². The van der Waals surface area contributed by atoms with Gasteiger partial charge in [-0.15, -0.1) is 0 Å². The Kier molecular flexibility index (Phi) is 5.67. The highest BCUT2D eigenvalue weighted by Crippen LogP contribution is 2.38. The largest absolute Gasteiger partial charge is 0.385 e. The minimum absolute atomic E-state index is 0.129. The Morgan fingerprint density at radius 1 is 1.17 bits per heavy atom. The zero-order valence-electron chi connectivity index (χ0n) is 14.3. The van der Waals surface area contributed by atoms with E-state index in [1.165, 1.54) is 38.3 Å². The van der Waals surface area contributed by atoms with Crippen molar-refractivity contribution in [2.45, 2.75) is 44.2 Å². The smallest absolute Gasteiger partial charge is 0.123 e. The van der Waals surface area contributed by atoms with E-state index >= 15 is 0 Å². The summed E-state index contributed by atoms with van der Waals surface area (Å²) in [4.78, 5) is 5.19. The first kappa shape index (κ1) is 16.9. The van der Waals surface area contributed by atoms with Crippen LogP contribution in [-0.4, -0.2) is 55.2 Å². The summed E-state index contributed by atoms with van der Waals surface area (Å²) in [5, 5.41) is 0. The van der Waals surface area contributed by atoms with E-state index in [4.69, 9.17) is 4.74 Å². The normalized spacial score (nSPS) is 22.0. The molecule has 0 saturated carbocycles.